The molecule has 1 saturated heterocycles. The highest BCUT2D eigenvalue weighted by molar-refractivity contribution is 7.15. The molecule has 28 heavy (non-hydrogen) atoms. The number of rotatable bonds is 6. The number of ether oxygens (including phenoxy) is 1. The van der Waals surface area contributed by atoms with Crippen LogP contribution in [0.3, 0.4) is 0 Å². The first-order chi connectivity index (χ1) is 13.5. The van der Waals surface area contributed by atoms with Crippen LogP contribution in [0.5, 0.6) is 0 Å². The van der Waals surface area contributed by atoms with Gasteiger partial charge in [-0.1, -0.05) is 19.1 Å². The maximum absolute atomic E-state index is 13.2. The van der Waals surface area contributed by atoms with Crippen molar-refractivity contribution < 1.29 is 18.7 Å². The smallest absolute Gasteiger partial charge is 0.341 e. The van der Waals surface area contributed by atoms with Crippen molar-refractivity contribution in [1.82, 2.24) is 9.80 Å². The molecule has 0 bridgehead atoms. The van der Waals surface area contributed by atoms with Crippen LogP contribution in [0.25, 0.3) is 11.1 Å². The number of likely N-dealkylation sites (N-methyl/N-ethyl adjacent to an activating group) is 1. The monoisotopic (exact) mass is 405 g/mol. The normalized spacial score (nSPS) is 15.4. The number of carbonyl (C=O) groups excluding carboxylic acids is 2. The molecule has 1 aliphatic rings. The number of methoxy groups -OCH3 is 1. The maximum atomic E-state index is 13.2. The highest BCUT2D eigenvalue weighted by Gasteiger charge is 2.24. The first kappa shape index (κ1) is 20.4. The minimum atomic E-state index is -0.535. The molecule has 1 aromatic heterocycles. The predicted octanol–water partition coefficient (Wildman–Crippen LogP) is 2.92. The van der Waals surface area contributed by atoms with Crippen molar-refractivity contribution in [2.45, 2.75) is 6.92 Å². The van der Waals surface area contributed by atoms with Crippen molar-refractivity contribution in [2.75, 3.05) is 51.7 Å². The summed E-state index contributed by atoms with van der Waals surface area (Å²) in [5.74, 6) is -1.05. The van der Waals surface area contributed by atoms with Gasteiger partial charge >= 0.3 is 5.97 Å². The minimum absolute atomic E-state index is 0.164. The summed E-state index contributed by atoms with van der Waals surface area (Å²) in [5, 5.41) is 5.07. The molecule has 1 amide bonds. The fourth-order valence-corrected chi connectivity index (χ4v) is 4.20. The van der Waals surface area contributed by atoms with E-state index in [1.165, 1.54) is 30.6 Å². The van der Waals surface area contributed by atoms with E-state index in [1.54, 1.807) is 17.5 Å². The Kier molecular flexibility index (Phi) is 6.77. The van der Waals surface area contributed by atoms with E-state index in [9.17, 15) is 14.0 Å². The summed E-state index contributed by atoms with van der Waals surface area (Å²) < 4.78 is 18.1. The van der Waals surface area contributed by atoms with Crippen LogP contribution in [-0.2, 0) is 9.53 Å². The van der Waals surface area contributed by atoms with Crippen LogP contribution in [0.1, 0.15) is 17.3 Å². The number of nitrogens with one attached hydrogen (secondary N) is 1. The second kappa shape index (κ2) is 9.27. The van der Waals surface area contributed by atoms with Crippen LogP contribution < -0.4 is 5.32 Å². The third kappa shape index (κ3) is 4.76. The second-order valence-electron chi connectivity index (χ2n) is 6.61. The van der Waals surface area contributed by atoms with Gasteiger partial charge in [0.1, 0.15) is 16.4 Å². The quantitative estimate of drug-likeness (QED) is 0.749. The van der Waals surface area contributed by atoms with Crippen molar-refractivity contribution in [1.29, 1.82) is 0 Å². The van der Waals surface area contributed by atoms with Crippen molar-refractivity contribution in [3.05, 3.63) is 41.0 Å². The van der Waals surface area contributed by atoms with E-state index in [0.29, 0.717) is 21.7 Å². The molecule has 0 radical (unpaired) electrons. The Bertz CT molecular complexity index is 830. The molecule has 0 atom stereocenters. The SMILES string of the molecule is CCN1CCN(CC(=O)Nc2scc(-c3ccc(F)cc3)c2C(=O)OC)CC1. The summed E-state index contributed by atoms with van der Waals surface area (Å²) in [4.78, 5) is 29.3. The first-order valence-corrected chi connectivity index (χ1v) is 10.1. The molecule has 1 aromatic carbocycles. The molecule has 6 nitrogen and oxygen atoms in total. The Morgan fingerprint density at radius 3 is 2.39 bits per heavy atom. The van der Waals surface area contributed by atoms with Crippen LogP contribution in [0, 0.1) is 5.82 Å². The summed E-state index contributed by atoms with van der Waals surface area (Å²) in [6, 6.07) is 5.87. The molecular formula is C20H24FN3O3S. The van der Waals surface area contributed by atoms with E-state index >= 15 is 0 Å². The summed E-state index contributed by atoms with van der Waals surface area (Å²) in [6.45, 7) is 7.01. The van der Waals surface area contributed by atoms with Crippen LogP contribution in [0.2, 0.25) is 0 Å². The lowest BCUT2D eigenvalue weighted by Crippen LogP contribution is -2.48. The van der Waals surface area contributed by atoms with E-state index in [-0.39, 0.29) is 18.3 Å². The lowest BCUT2D eigenvalue weighted by molar-refractivity contribution is -0.117. The van der Waals surface area contributed by atoms with Crippen LogP contribution in [-0.4, -0.2) is 68.1 Å². The van der Waals surface area contributed by atoms with Gasteiger partial charge in [-0.25, -0.2) is 9.18 Å². The van der Waals surface area contributed by atoms with E-state index in [1.807, 2.05) is 0 Å². The number of anilines is 1. The average molecular weight is 405 g/mol. The largest absolute Gasteiger partial charge is 0.465 e. The van der Waals surface area contributed by atoms with E-state index in [4.69, 9.17) is 4.74 Å². The summed E-state index contributed by atoms with van der Waals surface area (Å²) in [6.07, 6.45) is 0. The Morgan fingerprint density at radius 2 is 1.79 bits per heavy atom. The number of piperazine rings is 1. The highest BCUT2D eigenvalue weighted by Crippen LogP contribution is 2.36. The molecule has 0 saturated carbocycles. The zero-order chi connectivity index (χ0) is 20.1. The second-order valence-corrected chi connectivity index (χ2v) is 7.49. The van der Waals surface area contributed by atoms with Gasteiger partial charge in [-0.3, -0.25) is 9.69 Å². The van der Waals surface area contributed by atoms with Gasteiger partial charge in [0, 0.05) is 37.1 Å². The number of nitrogens with zero attached hydrogens (tertiary/aromatic N) is 2. The third-order valence-electron chi connectivity index (χ3n) is 4.87. The molecule has 1 aliphatic heterocycles. The molecule has 0 spiro atoms. The van der Waals surface area contributed by atoms with Crippen LogP contribution in [0.4, 0.5) is 9.39 Å². The molecule has 2 aromatic rings. The number of hydrogen-bond donors (Lipinski definition) is 1. The number of halogens is 1. The number of hydrogen-bond acceptors (Lipinski definition) is 6. The zero-order valence-electron chi connectivity index (χ0n) is 16.0. The number of amides is 1. The van der Waals surface area contributed by atoms with Crippen molar-refractivity contribution in [2.24, 2.45) is 0 Å². The molecule has 2 heterocycles. The zero-order valence-corrected chi connectivity index (χ0v) is 16.9. The molecule has 0 aliphatic carbocycles. The van der Waals surface area contributed by atoms with E-state index in [0.717, 1.165) is 32.7 Å². The fourth-order valence-electron chi connectivity index (χ4n) is 3.23. The van der Waals surface area contributed by atoms with Crippen LogP contribution in [0.15, 0.2) is 29.6 Å². The van der Waals surface area contributed by atoms with Gasteiger partial charge in [0.25, 0.3) is 0 Å². The lowest BCUT2D eigenvalue weighted by Gasteiger charge is -2.33. The highest BCUT2D eigenvalue weighted by atomic mass is 32.1. The van der Waals surface area contributed by atoms with Gasteiger partial charge in [0.2, 0.25) is 5.91 Å². The fraction of sp³-hybridized carbons (Fsp3) is 0.400. The summed E-state index contributed by atoms with van der Waals surface area (Å²) in [7, 11) is 1.30. The molecule has 8 heteroatoms. The molecule has 150 valence electrons. The van der Waals surface area contributed by atoms with E-state index < -0.39 is 5.97 Å². The van der Waals surface area contributed by atoms with Gasteiger partial charge in [0.15, 0.2) is 0 Å². The number of esters is 1. The molecule has 3 rings (SSSR count). The Morgan fingerprint density at radius 1 is 1.14 bits per heavy atom. The van der Waals surface area contributed by atoms with Gasteiger partial charge in [0.05, 0.1) is 13.7 Å². The first-order valence-electron chi connectivity index (χ1n) is 9.22. The van der Waals surface area contributed by atoms with E-state index in [2.05, 4.69) is 22.0 Å². The van der Waals surface area contributed by atoms with Crippen molar-refractivity contribution >= 4 is 28.2 Å². The minimum Gasteiger partial charge on any atom is -0.465 e. The van der Waals surface area contributed by atoms with Crippen LogP contribution >= 0.6 is 11.3 Å². The summed E-state index contributed by atoms with van der Waals surface area (Å²) >= 11 is 1.26. The Balaban J connectivity index is 1.73. The topological polar surface area (TPSA) is 61.9 Å². The van der Waals surface area contributed by atoms with Gasteiger partial charge in [-0.2, -0.15) is 0 Å². The Hall–Kier alpha value is -2.29. The average Bonchev–Trinajstić information content (AvgIpc) is 3.11. The molecule has 0 unspecified atom stereocenters. The lowest BCUT2D eigenvalue weighted by atomic mass is 10.0. The molecular weight excluding hydrogens is 381 g/mol. The molecule has 1 N–H and O–H groups in total. The number of thiophene rings is 1. The third-order valence-corrected chi connectivity index (χ3v) is 5.76. The van der Waals surface area contributed by atoms with Gasteiger partial charge in [-0.15, -0.1) is 11.3 Å². The number of benzene rings is 1. The standard InChI is InChI=1S/C20H24FN3O3S/c1-3-23-8-10-24(11-9-23)12-17(25)22-19-18(20(26)27-2)16(13-28-19)14-4-6-15(21)7-5-14/h4-7,13H,3,8-12H2,1-2H3,(H,22,25). The maximum Gasteiger partial charge on any atom is 0.341 e. The van der Waals surface area contributed by atoms with Gasteiger partial charge < -0.3 is 15.0 Å². The van der Waals surface area contributed by atoms with Crippen molar-refractivity contribution in [3.8, 4) is 11.1 Å². The van der Waals surface area contributed by atoms with Crippen molar-refractivity contribution in [3.63, 3.8) is 0 Å². The Labute approximate surface area is 167 Å². The summed E-state index contributed by atoms with van der Waals surface area (Å²) in [5.41, 5.74) is 1.60. The van der Waals surface area contributed by atoms with Gasteiger partial charge in [-0.05, 0) is 24.2 Å². The molecule has 1 fully saturated rings. The number of carbonyl (C=O) groups is 2. The predicted molar refractivity (Wildman–Crippen MR) is 108 cm³/mol.